The highest BCUT2D eigenvalue weighted by Crippen LogP contribution is 2.24. The maximum absolute atomic E-state index is 12.2. The van der Waals surface area contributed by atoms with Crippen molar-refractivity contribution in [1.29, 1.82) is 0 Å². The summed E-state index contributed by atoms with van der Waals surface area (Å²) in [5.74, 6) is -0.167. The monoisotopic (exact) mass is 255 g/mol. The van der Waals surface area contributed by atoms with Crippen LogP contribution in [0.2, 0.25) is 0 Å². The zero-order valence-corrected chi connectivity index (χ0v) is 10.6. The molecule has 0 spiro atoms. The average molecular weight is 255 g/mol. The Balaban J connectivity index is 1.81. The van der Waals surface area contributed by atoms with Crippen molar-refractivity contribution in [1.82, 2.24) is 4.90 Å². The summed E-state index contributed by atoms with van der Waals surface area (Å²) in [4.78, 5) is 24.7. The molecule has 0 unspecified atom stereocenters. The molecular weight excluding hydrogens is 234 g/mol. The number of likely N-dealkylation sites (tertiary alicyclic amines) is 1. The minimum atomic E-state index is -0.748. The lowest BCUT2D eigenvalue weighted by Crippen LogP contribution is -2.43. The summed E-state index contributed by atoms with van der Waals surface area (Å²) in [6.07, 6.45) is 3.75. The number of rotatable bonds is 4. The van der Waals surface area contributed by atoms with Crippen LogP contribution < -0.4 is 0 Å². The molecule has 0 aliphatic carbocycles. The van der Waals surface area contributed by atoms with Gasteiger partial charge >= 0.3 is 5.97 Å². The number of aliphatic carboxylic acids is 1. The van der Waals surface area contributed by atoms with Crippen molar-refractivity contribution in [3.8, 4) is 0 Å². The van der Waals surface area contributed by atoms with Gasteiger partial charge in [0.25, 0.3) is 0 Å². The molecule has 0 saturated carbocycles. The largest absolute Gasteiger partial charge is 0.481 e. The molecule has 102 valence electrons. The third-order valence-corrected chi connectivity index (χ3v) is 3.88. The van der Waals surface area contributed by atoms with Crippen molar-refractivity contribution in [2.45, 2.75) is 32.1 Å². The van der Waals surface area contributed by atoms with Crippen LogP contribution in [-0.4, -0.2) is 48.2 Å². The van der Waals surface area contributed by atoms with Gasteiger partial charge in [-0.3, -0.25) is 9.59 Å². The Labute approximate surface area is 107 Å². The Morgan fingerprint density at radius 2 is 2.17 bits per heavy atom. The van der Waals surface area contributed by atoms with E-state index in [2.05, 4.69) is 0 Å². The minimum absolute atomic E-state index is 0.0308. The number of ether oxygens (including phenoxy) is 1. The first-order valence-electron chi connectivity index (χ1n) is 6.75. The van der Waals surface area contributed by atoms with Crippen molar-refractivity contribution in [2.75, 3.05) is 26.3 Å². The maximum Gasteiger partial charge on any atom is 0.303 e. The predicted molar refractivity (Wildman–Crippen MR) is 65.1 cm³/mol. The van der Waals surface area contributed by atoms with Gasteiger partial charge in [-0.2, -0.15) is 0 Å². The highest BCUT2D eigenvalue weighted by Gasteiger charge is 2.31. The van der Waals surface area contributed by atoms with Gasteiger partial charge in [0.2, 0.25) is 5.91 Å². The fourth-order valence-corrected chi connectivity index (χ4v) is 2.82. The van der Waals surface area contributed by atoms with Crippen LogP contribution >= 0.6 is 0 Å². The summed E-state index contributed by atoms with van der Waals surface area (Å²) >= 11 is 0. The number of carbonyl (C=O) groups is 2. The molecule has 2 heterocycles. The SMILES string of the molecule is O=C(O)CC[C@H]1CCCN(C(=O)[C@@H]2CCOC2)C1. The Bertz CT molecular complexity index is 312. The van der Waals surface area contributed by atoms with E-state index >= 15 is 0 Å². The van der Waals surface area contributed by atoms with Crippen LogP contribution in [-0.2, 0) is 14.3 Å². The van der Waals surface area contributed by atoms with Gasteiger partial charge in [0.05, 0.1) is 12.5 Å². The van der Waals surface area contributed by atoms with Gasteiger partial charge in [-0.05, 0) is 31.6 Å². The molecule has 0 radical (unpaired) electrons. The fourth-order valence-electron chi connectivity index (χ4n) is 2.82. The lowest BCUT2D eigenvalue weighted by atomic mass is 9.92. The topological polar surface area (TPSA) is 66.8 Å². The van der Waals surface area contributed by atoms with Gasteiger partial charge in [-0.1, -0.05) is 0 Å². The molecule has 2 fully saturated rings. The van der Waals surface area contributed by atoms with Gasteiger partial charge in [-0.25, -0.2) is 0 Å². The molecule has 2 atom stereocenters. The van der Waals surface area contributed by atoms with Crippen LogP contribution in [0.5, 0.6) is 0 Å². The Morgan fingerprint density at radius 3 is 2.83 bits per heavy atom. The van der Waals surface area contributed by atoms with Crippen molar-refractivity contribution in [3.05, 3.63) is 0 Å². The number of nitrogens with zero attached hydrogens (tertiary/aromatic N) is 1. The van der Waals surface area contributed by atoms with Gasteiger partial charge in [0.1, 0.15) is 0 Å². The van der Waals surface area contributed by atoms with Crippen LogP contribution in [0.15, 0.2) is 0 Å². The second-order valence-corrected chi connectivity index (χ2v) is 5.29. The van der Waals surface area contributed by atoms with E-state index < -0.39 is 5.97 Å². The van der Waals surface area contributed by atoms with Crippen molar-refractivity contribution >= 4 is 11.9 Å². The smallest absolute Gasteiger partial charge is 0.303 e. The van der Waals surface area contributed by atoms with Gasteiger partial charge in [0, 0.05) is 26.1 Å². The molecule has 18 heavy (non-hydrogen) atoms. The first kappa shape index (κ1) is 13.3. The molecule has 5 heteroatoms. The molecule has 0 aromatic carbocycles. The summed E-state index contributed by atoms with van der Waals surface area (Å²) in [5.41, 5.74) is 0. The highest BCUT2D eigenvalue weighted by atomic mass is 16.5. The molecule has 0 bridgehead atoms. The van der Waals surface area contributed by atoms with Crippen LogP contribution in [0.4, 0.5) is 0 Å². The number of amides is 1. The van der Waals surface area contributed by atoms with Crippen molar-refractivity contribution in [3.63, 3.8) is 0 Å². The zero-order chi connectivity index (χ0) is 13.0. The predicted octanol–water partition coefficient (Wildman–Crippen LogP) is 1.13. The Kier molecular flexibility index (Phi) is 4.58. The third-order valence-electron chi connectivity index (χ3n) is 3.88. The number of carbonyl (C=O) groups excluding carboxylic acids is 1. The Morgan fingerprint density at radius 1 is 1.33 bits per heavy atom. The molecule has 2 aliphatic rings. The van der Waals surface area contributed by atoms with E-state index in [4.69, 9.17) is 9.84 Å². The molecule has 0 aromatic heterocycles. The third kappa shape index (κ3) is 3.45. The second kappa shape index (κ2) is 6.18. The number of hydrogen-bond donors (Lipinski definition) is 1. The molecule has 5 nitrogen and oxygen atoms in total. The number of piperidine rings is 1. The summed E-state index contributed by atoms with van der Waals surface area (Å²) in [7, 11) is 0. The van der Waals surface area contributed by atoms with E-state index in [1.807, 2.05) is 4.90 Å². The Hall–Kier alpha value is -1.10. The lowest BCUT2D eigenvalue weighted by Gasteiger charge is -2.34. The second-order valence-electron chi connectivity index (χ2n) is 5.29. The van der Waals surface area contributed by atoms with E-state index in [0.717, 1.165) is 32.4 Å². The number of carboxylic acids is 1. The number of hydrogen-bond acceptors (Lipinski definition) is 3. The van der Waals surface area contributed by atoms with Crippen LogP contribution in [0.3, 0.4) is 0 Å². The number of carboxylic acid groups (broad SMARTS) is 1. The van der Waals surface area contributed by atoms with Gasteiger partial charge in [-0.15, -0.1) is 0 Å². The van der Waals surface area contributed by atoms with Crippen LogP contribution in [0.25, 0.3) is 0 Å². The van der Waals surface area contributed by atoms with E-state index in [1.165, 1.54) is 0 Å². The highest BCUT2D eigenvalue weighted by molar-refractivity contribution is 5.79. The standard InChI is InChI=1S/C13H21NO4/c15-12(16)4-3-10-2-1-6-14(8-10)13(17)11-5-7-18-9-11/h10-11H,1-9H2,(H,15,16)/t10-,11-/m1/s1. The summed E-state index contributed by atoms with van der Waals surface area (Å²) in [5, 5.41) is 8.69. The van der Waals surface area contributed by atoms with Crippen molar-refractivity contribution in [2.24, 2.45) is 11.8 Å². The quantitative estimate of drug-likeness (QED) is 0.817. The summed E-state index contributed by atoms with van der Waals surface area (Å²) < 4.78 is 5.25. The molecule has 2 aliphatic heterocycles. The molecule has 0 aromatic rings. The van der Waals surface area contributed by atoms with Crippen LogP contribution in [0.1, 0.15) is 32.1 Å². The molecule has 1 N–H and O–H groups in total. The first-order valence-corrected chi connectivity index (χ1v) is 6.75. The molecule has 2 saturated heterocycles. The molecular formula is C13H21NO4. The lowest BCUT2D eigenvalue weighted by molar-refractivity contribution is -0.138. The first-order chi connectivity index (χ1) is 8.66. The zero-order valence-electron chi connectivity index (χ0n) is 10.6. The van der Waals surface area contributed by atoms with Crippen LogP contribution in [0, 0.1) is 11.8 Å². The van der Waals surface area contributed by atoms with E-state index in [1.54, 1.807) is 0 Å². The minimum Gasteiger partial charge on any atom is -0.481 e. The maximum atomic E-state index is 12.2. The van der Waals surface area contributed by atoms with Gasteiger partial charge in [0.15, 0.2) is 0 Å². The van der Waals surface area contributed by atoms with E-state index in [9.17, 15) is 9.59 Å². The van der Waals surface area contributed by atoms with E-state index in [0.29, 0.717) is 25.6 Å². The fraction of sp³-hybridized carbons (Fsp3) is 0.846. The normalized spacial score (nSPS) is 28.3. The van der Waals surface area contributed by atoms with E-state index in [-0.39, 0.29) is 18.2 Å². The van der Waals surface area contributed by atoms with Gasteiger partial charge < -0.3 is 14.7 Å². The summed E-state index contributed by atoms with van der Waals surface area (Å²) in [6, 6.07) is 0. The van der Waals surface area contributed by atoms with Crippen molar-refractivity contribution < 1.29 is 19.4 Å². The molecule has 1 amide bonds. The summed E-state index contributed by atoms with van der Waals surface area (Å²) in [6.45, 7) is 2.78. The average Bonchev–Trinajstić information content (AvgIpc) is 2.89. The molecule has 2 rings (SSSR count).